The molecule has 0 aliphatic heterocycles. The topological polar surface area (TPSA) is 84.2 Å². The molecule has 1 amide bonds. The van der Waals surface area contributed by atoms with Crippen molar-refractivity contribution in [2.75, 3.05) is 6.54 Å². The minimum absolute atomic E-state index is 0.0727. The Morgan fingerprint density at radius 1 is 1.56 bits per heavy atom. The van der Waals surface area contributed by atoms with E-state index in [1.165, 1.54) is 10.9 Å². The molecule has 0 aliphatic rings. The van der Waals surface area contributed by atoms with E-state index in [4.69, 9.17) is 5.11 Å². The zero-order valence-electron chi connectivity index (χ0n) is 9.36. The van der Waals surface area contributed by atoms with E-state index in [2.05, 4.69) is 10.4 Å². The number of hydrogen-bond donors (Lipinski definition) is 2. The molecule has 6 nitrogen and oxygen atoms in total. The number of carboxylic acid groups (broad SMARTS) is 1. The number of nitrogens with zero attached hydrogens (tertiary/aromatic N) is 2. The number of nitrogens with one attached hydrogen (secondary N) is 1. The van der Waals surface area contributed by atoms with Crippen molar-refractivity contribution in [2.24, 2.45) is 7.05 Å². The summed E-state index contributed by atoms with van der Waals surface area (Å²) in [5, 5.41) is 15.3. The van der Waals surface area contributed by atoms with E-state index in [0.29, 0.717) is 6.54 Å². The maximum Gasteiger partial charge on any atom is 0.339 e. The standard InChI is InChI=1S/C10H15N3O3/c1-3-4-5-11-9(14)8-7(10(15)16)6-12-13(8)2/h6H,3-5H2,1-2H3,(H,11,14)(H,15,16). The normalized spacial score (nSPS) is 10.1. The van der Waals surface area contributed by atoms with E-state index in [0.717, 1.165) is 12.8 Å². The number of amides is 1. The maximum atomic E-state index is 11.7. The van der Waals surface area contributed by atoms with Gasteiger partial charge in [-0.2, -0.15) is 5.10 Å². The smallest absolute Gasteiger partial charge is 0.339 e. The number of aromatic nitrogens is 2. The van der Waals surface area contributed by atoms with Crippen molar-refractivity contribution >= 4 is 11.9 Å². The number of rotatable bonds is 5. The minimum atomic E-state index is -1.14. The van der Waals surface area contributed by atoms with E-state index in [-0.39, 0.29) is 11.3 Å². The number of carbonyl (C=O) groups is 2. The highest BCUT2D eigenvalue weighted by Crippen LogP contribution is 2.07. The van der Waals surface area contributed by atoms with Crippen molar-refractivity contribution in [1.29, 1.82) is 0 Å². The highest BCUT2D eigenvalue weighted by atomic mass is 16.4. The zero-order valence-corrected chi connectivity index (χ0v) is 9.36. The summed E-state index contributed by atoms with van der Waals surface area (Å²) in [4.78, 5) is 22.5. The molecule has 88 valence electrons. The average molecular weight is 225 g/mol. The first-order valence-electron chi connectivity index (χ1n) is 5.11. The monoisotopic (exact) mass is 225 g/mol. The van der Waals surface area contributed by atoms with Gasteiger partial charge in [0.2, 0.25) is 0 Å². The van der Waals surface area contributed by atoms with E-state index >= 15 is 0 Å². The largest absolute Gasteiger partial charge is 0.478 e. The molecule has 0 radical (unpaired) electrons. The number of carbonyl (C=O) groups excluding carboxylic acids is 1. The van der Waals surface area contributed by atoms with Gasteiger partial charge in [-0.05, 0) is 6.42 Å². The van der Waals surface area contributed by atoms with Gasteiger partial charge in [-0.1, -0.05) is 13.3 Å². The van der Waals surface area contributed by atoms with Crippen LogP contribution in [-0.2, 0) is 7.05 Å². The fraction of sp³-hybridized carbons (Fsp3) is 0.500. The van der Waals surface area contributed by atoms with Crippen LogP contribution in [0.5, 0.6) is 0 Å². The van der Waals surface area contributed by atoms with Gasteiger partial charge in [-0.15, -0.1) is 0 Å². The molecule has 1 aromatic rings. The van der Waals surface area contributed by atoms with Crippen molar-refractivity contribution in [3.8, 4) is 0 Å². The van der Waals surface area contributed by atoms with Crippen LogP contribution in [0.1, 0.15) is 40.6 Å². The molecule has 6 heteroatoms. The van der Waals surface area contributed by atoms with Gasteiger partial charge in [0.05, 0.1) is 6.20 Å². The summed E-state index contributed by atoms with van der Waals surface area (Å²) in [7, 11) is 1.54. The highest BCUT2D eigenvalue weighted by Gasteiger charge is 2.20. The van der Waals surface area contributed by atoms with Crippen molar-refractivity contribution < 1.29 is 14.7 Å². The predicted molar refractivity (Wildman–Crippen MR) is 57.4 cm³/mol. The molecule has 0 atom stereocenters. The lowest BCUT2D eigenvalue weighted by atomic mass is 10.2. The Morgan fingerprint density at radius 3 is 2.81 bits per heavy atom. The molecule has 0 fully saturated rings. The van der Waals surface area contributed by atoms with E-state index in [1.807, 2.05) is 6.92 Å². The first-order chi connectivity index (χ1) is 7.57. The van der Waals surface area contributed by atoms with Crippen LogP contribution in [0.2, 0.25) is 0 Å². The Hall–Kier alpha value is -1.85. The average Bonchev–Trinajstić information content (AvgIpc) is 2.60. The van der Waals surface area contributed by atoms with Gasteiger partial charge in [-0.25, -0.2) is 4.79 Å². The second kappa shape index (κ2) is 5.29. The second-order valence-electron chi connectivity index (χ2n) is 3.45. The number of unbranched alkanes of at least 4 members (excludes halogenated alkanes) is 1. The van der Waals surface area contributed by atoms with Gasteiger partial charge in [-0.3, -0.25) is 9.48 Å². The van der Waals surface area contributed by atoms with Crippen molar-refractivity contribution in [1.82, 2.24) is 15.1 Å². The summed E-state index contributed by atoms with van der Waals surface area (Å²) in [6, 6.07) is 0. The SMILES string of the molecule is CCCCNC(=O)c1c(C(=O)O)cnn1C. The van der Waals surface area contributed by atoms with Gasteiger partial charge in [0.25, 0.3) is 5.91 Å². The summed E-state index contributed by atoms with van der Waals surface area (Å²) in [5.41, 5.74) is 0.0140. The molecule has 0 aromatic carbocycles. The first kappa shape index (κ1) is 12.2. The molecular formula is C10H15N3O3. The Morgan fingerprint density at radius 2 is 2.25 bits per heavy atom. The van der Waals surface area contributed by atoms with E-state index < -0.39 is 11.9 Å². The molecular weight excluding hydrogens is 210 g/mol. The lowest BCUT2D eigenvalue weighted by molar-refractivity contribution is 0.0690. The second-order valence-corrected chi connectivity index (χ2v) is 3.45. The van der Waals surface area contributed by atoms with Crippen molar-refractivity contribution in [3.05, 3.63) is 17.5 Å². The van der Waals surface area contributed by atoms with Crippen molar-refractivity contribution in [2.45, 2.75) is 19.8 Å². The van der Waals surface area contributed by atoms with Crippen LogP contribution in [0.4, 0.5) is 0 Å². The van der Waals surface area contributed by atoms with Crippen LogP contribution in [0.25, 0.3) is 0 Å². The molecule has 0 saturated heterocycles. The summed E-state index contributed by atoms with van der Waals surface area (Å²) in [5.74, 6) is -1.54. The van der Waals surface area contributed by atoms with E-state index in [1.54, 1.807) is 7.05 Å². The summed E-state index contributed by atoms with van der Waals surface area (Å²) >= 11 is 0. The third kappa shape index (κ3) is 2.59. The van der Waals surface area contributed by atoms with Crippen LogP contribution >= 0.6 is 0 Å². The first-order valence-corrected chi connectivity index (χ1v) is 5.11. The molecule has 1 aromatic heterocycles. The Kier molecular flexibility index (Phi) is 4.04. The third-order valence-electron chi connectivity index (χ3n) is 2.20. The summed E-state index contributed by atoms with van der Waals surface area (Å²) in [6.07, 6.45) is 3.01. The fourth-order valence-corrected chi connectivity index (χ4v) is 1.33. The molecule has 0 spiro atoms. The molecule has 0 aliphatic carbocycles. The lowest BCUT2D eigenvalue weighted by Gasteiger charge is -2.05. The summed E-state index contributed by atoms with van der Waals surface area (Å²) in [6.45, 7) is 2.55. The molecule has 1 rings (SSSR count). The highest BCUT2D eigenvalue weighted by molar-refractivity contribution is 6.03. The number of hydrogen-bond acceptors (Lipinski definition) is 3. The van der Waals surface area contributed by atoms with Gasteiger partial charge in [0.15, 0.2) is 0 Å². The zero-order chi connectivity index (χ0) is 12.1. The van der Waals surface area contributed by atoms with Gasteiger partial charge < -0.3 is 10.4 Å². The molecule has 16 heavy (non-hydrogen) atoms. The van der Waals surface area contributed by atoms with Crippen LogP contribution in [0.15, 0.2) is 6.20 Å². The lowest BCUT2D eigenvalue weighted by Crippen LogP contribution is -2.28. The predicted octanol–water partition coefficient (Wildman–Crippen LogP) is 0.648. The van der Waals surface area contributed by atoms with Crippen LogP contribution in [-0.4, -0.2) is 33.3 Å². The Bertz CT molecular complexity index is 398. The number of aryl methyl sites for hydroxylation is 1. The van der Waals surface area contributed by atoms with Crippen LogP contribution in [0, 0.1) is 0 Å². The van der Waals surface area contributed by atoms with Crippen LogP contribution in [0.3, 0.4) is 0 Å². The fourth-order valence-electron chi connectivity index (χ4n) is 1.33. The maximum absolute atomic E-state index is 11.7. The number of aromatic carboxylic acids is 1. The molecule has 0 saturated carbocycles. The molecule has 1 heterocycles. The molecule has 2 N–H and O–H groups in total. The Balaban J connectivity index is 2.81. The van der Waals surface area contributed by atoms with Gasteiger partial charge in [0.1, 0.15) is 11.3 Å². The van der Waals surface area contributed by atoms with E-state index in [9.17, 15) is 9.59 Å². The van der Waals surface area contributed by atoms with Crippen molar-refractivity contribution in [3.63, 3.8) is 0 Å². The molecule has 0 unspecified atom stereocenters. The number of carboxylic acids is 1. The Labute approximate surface area is 93.3 Å². The van der Waals surface area contributed by atoms with Gasteiger partial charge in [0, 0.05) is 13.6 Å². The van der Waals surface area contributed by atoms with Gasteiger partial charge >= 0.3 is 5.97 Å². The third-order valence-corrected chi connectivity index (χ3v) is 2.20. The quantitative estimate of drug-likeness (QED) is 0.720. The summed E-state index contributed by atoms with van der Waals surface area (Å²) < 4.78 is 1.27. The minimum Gasteiger partial charge on any atom is -0.478 e. The molecule has 0 bridgehead atoms. The van der Waals surface area contributed by atoms with Crippen LogP contribution < -0.4 is 5.32 Å².